The van der Waals surface area contributed by atoms with Crippen molar-refractivity contribution >= 4 is 29.2 Å². The third-order valence-electron chi connectivity index (χ3n) is 4.06. The molecule has 0 saturated heterocycles. The number of carbonyl (C=O) groups is 2. The van der Waals surface area contributed by atoms with E-state index in [2.05, 4.69) is 5.32 Å². The minimum Gasteiger partial charge on any atom is -0.496 e. The van der Waals surface area contributed by atoms with Crippen LogP contribution in [0, 0.1) is 0 Å². The van der Waals surface area contributed by atoms with Gasteiger partial charge in [0, 0.05) is 10.7 Å². The lowest BCUT2D eigenvalue weighted by Crippen LogP contribution is -2.13. The minimum atomic E-state index is -0.602. The highest BCUT2D eigenvalue weighted by Crippen LogP contribution is 2.25. The van der Waals surface area contributed by atoms with Crippen molar-refractivity contribution in [3.8, 4) is 17.2 Å². The molecule has 6 nitrogen and oxygen atoms in total. The van der Waals surface area contributed by atoms with Gasteiger partial charge in [0.05, 0.1) is 19.8 Å². The third kappa shape index (κ3) is 4.86. The molecule has 0 aromatic heterocycles. The number of hydrogen-bond acceptors (Lipinski definition) is 5. The van der Waals surface area contributed by atoms with E-state index >= 15 is 0 Å². The molecule has 29 heavy (non-hydrogen) atoms. The molecule has 0 aliphatic heterocycles. The summed E-state index contributed by atoms with van der Waals surface area (Å²) < 4.78 is 15.7. The number of para-hydroxylation sites is 1. The average Bonchev–Trinajstić information content (AvgIpc) is 2.75. The van der Waals surface area contributed by atoms with Crippen LogP contribution >= 0.6 is 11.6 Å². The summed E-state index contributed by atoms with van der Waals surface area (Å²) in [6, 6.07) is 18.0. The molecule has 1 N–H and O–H groups in total. The molecule has 0 aliphatic rings. The van der Waals surface area contributed by atoms with Gasteiger partial charge < -0.3 is 19.5 Å². The van der Waals surface area contributed by atoms with Crippen LogP contribution in [0.5, 0.6) is 17.2 Å². The first kappa shape index (κ1) is 20.2. The van der Waals surface area contributed by atoms with Crippen molar-refractivity contribution in [1.82, 2.24) is 0 Å². The van der Waals surface area contributed by atoms with Gasteiger partial charge >= 0.3 is 5.97 Å². The Morgan fingerprint density at radius 1 is 0.828 bits per heavy atom. The summed E-state index contributed by atoms with van der Waals surface area (Å²) in [6.07, 6.45) is 0. The number of rotatable bonds is 6. The van der Waals surface area contributed by atoms with Crippen LogP contribution in [-0.4, -0.2) is 26.1 Å². The molecule has 0 heterocycles. The van der Waals surface area contributed by atoms with Crippen molar-refractivity contribution in [3.63, 3.8) is 0 Å². The van der Waals surface area contributed by atoms with Crippen LogP contribution < -0.4 is 19.5 Å². The Balaban J connectivity index is 1.70. The van der Waals surface area contributed by atoms with Gasteiger partial charge in [0.1, 0.15) is 22.8 Å². The van der Waals surface area contributed by atoms with E-state index in [0.29, 0.717) is 33.5 Å². The van der Waals surface area contributed by atoms with Crippen LogP contribution in [0.25, 0.3) is 0 Å². The molecule has 3 aromatic carbocycles. The highest BCUT2D eigenvalue weighted by atomic mass is 35.5. The van der Waals surface area contributed by atoms with Gasteiger partial charge in [-0.2, -0.15) is 0 Å². The first-order chi connectivity index (χ1) is 14.0. The summed E-state index contributed by atoms with van der Waals surface area (Å²) in [6.45, 7) is 0. The largest absolute Gasteiger partial charge is 0.496 e. The van der Waals surface area contributed by atoms with E-state index in [1.807, 2.05) is 0 Å². The topological polar surface area (TPSA) is 73.9 Å². The number of anilines is 1. The summed E-state index contributed by atoms with van der Waals surface area (Å²) in [5.41, 5.74) is 1.17. The van der Waals surface area contributed by atoms with Crippen molar-refractivity contribution in [3.05, 3.63) is 82.9 Å². The summed E-state index contributed by atoms with van der Waals surface area (Å²) in [7, 11) is 2.96. The molecule has 0 spiro atoms. The molecule has 0 aliphatic carbocycles. The van der Waals surface area contributed by atoms with Gasteiger partial charge in [0.15, 0.2) is 0 Å². The lowest BCUT2D eigenvalue weighted by Gasteiger charge is -2.11. The maximum absolute atomic E-state index is 12.4. The first-order valence-corrected chi connectivity index (χ1v) is 8.99. The second kappa shape index (κ2) is 9.12. The number of halogens is 1. The predicted octanol–water partition coefficient (Wildman–Crippen LogP) is 4.83. The molecule has 7 heteroatoms. The Morgan fingerprint density at radius 2 is 1.48 bits per heavy atom. The number of amides is 1. The maximum atomic E-state index is 12.4. The zero-order chi connectivity index (χ0) is 20.8. The smallest absolute Gasteiger partial charge is 0.347 e. The van der Waals surface area contributed by atoms with Gasteiger partial charge in [-0.25, -0.2) is 4.79 Å². The summed E-state index contributed by atoms with van der Waals surface area (Å²) in [5.74, 6) is 0.240. The number of ether oxygens (including phenoxy) is 3. The van der Waals surface area contributed by atoms with Crippen LogP contribution in [0.3, 0.4) is 0 Å². The zero-order valence-electron chi connectivity index (χ0n) is 15.8. The molecular formula is C22H18ClNO5. The van der Waals surface area contributed by atoms with Crippen molar-refractivity contribution in [2.24, 2.45) is 0 Å². The van der Waals surface area contributed by atoms with Crippen LogP contribution in [0.2, 0.25) is 5.02 Å². The molecule has 3 aromatic rings. The Bertz CT molecular complexity index is 1030. The van der Waals surface area contributed by atoms with Crippen LogP contribution in [-0.2, 0) is 0 Å². The fourth-order valence-corrected chi connectivity index (χ4v) is 2.81. The first-order valence-electron chi connectivity index (χ1n) is 8.62. The Hall–Kier alpha value is -3.51. The monoisotopic (exact) mass is 411 g/mol. The number of esters is 1. The van der Waals surface area contributed by atoms with Crippen molar-refractivity contribution in [2.45, 2.75) is 0 Å². The maximum Gasteiger partial charge on any atom is 0.347 e. The number of hydrogen-bond donors (Lipinski definition) is 1. The van der Waals surface area contributed by atoms with E-state index < -0.39 is 5.97 Å². The van der Waals surface area contributed by atoms with E-state index in [9.17, 15) is 9.59 Å². The van der Waals surface area contributed by atoms with Crippen molar-refractivity contribution < 1.29 is 23.8 Å². The zero-order valence-corrected chi connectivity index (χ0v) is 16.5. The number of methoxy groups -OCH3 is 2. The standard InChI is InChI=1S/C22H18ClNO5/c1-27-19-6-4-3-5-17(19)21(25)24-15-8-10-16(11-9-15)29-22(26)18-13-14(23)7-12-20(18)28-2/h3-13H,1-2H3,(H,24,25). The minimum absolute atomic E-state index is 0.216. The van der Waals surface area contributed by atoms with Crippen LogP contribution in [0.15, 0.2) is 66.7 Å². The normalized spacial score (nSPS) is 10.2. The number of benzene rings is 3. The molecule has 0 atom stereocenters. The lowest BCUT2D eigenvalue weighted by atomic mass is 10.2. The van der Waals surface area contributed by atoms with Crippen molar-refractivity contribution in [2.75, 3.05) is 19.5 Å². The Labute approximate surface area is 173 Å². The molecule has 0 fully saturated rings. The molecule has 3 rings (SSSR count). The number of nitrogens with one attached hydrogen (secondary N) is 1. The molecule has 0 unspecified atom stereocenters. The average molecular weight is 412 g/mol. The van der Waals surface area contributed by atoms with E-state index in [1.54, 1.807) is 60.7 Å². The molecule has 0 bridgehead atoms. The predicted molar refractivity (Wildman–Crippen MR) is 110 cm³/mol. The van der Waals surface area contributed by atoms with E-state index in [0.717, 1.165) is 0 Å². The fraction of sp³-hybridized carbons (Fsp3) is 0.0909. The van der Waals surface area contributed by atoms with E-state index in [1.165, 1.54) is 20.3 Å². The molecule has 0 saturated carbocycles. The highest BCUT2D eigenvalue weighted by Gasteiger charge is 2.16. The molecule has 148 valence electrons. The van der Waals surface area contributed by atoms with E-state index in [-0.39, 0.29) is 11.5 Å². The van der Waals surface area contributed by atoms with Crippen LogP contribution in [0.4, 0.5) is 5.69 Å². The van der Waals surface area contributed by atoms with Gasteiger partial charge in [-0.05, 0) is 54.6 Å². The van der Waals surface area contributed by atoms with Gasteiger partial charge in [0.2, 0.25) is 0 Å². The fourth-order valence-electron chi connectivity index (χ4n) is 2.64. The Kier molecular flexibility index (Phi) is 6.36. The molecule has 0 radical (unpaired) electrons. The Morgan fingerprint density at radius 3 is 2.17 bits per heavy atom. The van der Waals surface area contributed by atoms with Gasteiger partial charge in [-0.3, -0.25) is 4.79 Å². The summed E-state index contributed by atoms with van der Waals surface area (Å²) in [4.78, 5) is 24.9. The summed E-state index contributed by atoms with van der Waals surface area (Å²) >= 11 is 5.95. The second-order valence-electron chi connectivity index (χ2n) is 5.91. The molecular weight excluding hydrogens is 394 g/mol. The lowest BCUT2D eigenvalue weighted by molar-refractivity contribution is 0.0731. The quantitative estimate of drug-likeness (QED) is 0.464. The number of carbonyl (C=O) groups excluding carboxylic acids is 2. The van der Waals surface area contributed by atoms with E-state index in [4.69, 9.17) is 25.8 Å². The third-order valence-corrected chi connectivity index (χ3v) is 4.29. The van der Waals surface area contributed by atoms with Gasteiger partial charge in [-0.15, -0.1) is 0 Å². The van der Waals surface area contributed by atoms with Crippen molar-refractivity contribution in [1.29, 1.82) is 0 Å². The van der Waals surface area contributed by atoms with Gasteiger partial charge in [-0.1, -0.05) is 23.7 Å². The van der Waals surface area contributed by atoms with Crippen LogP contribution in [0.1, 0.15) is 20.7 Å². The highest BCUT2D eigenvalue weighted by molar-refractivity contribution is 6.31. The molecule has 1 amide bonds. The second-order valence-corrected chi connectivity index (χ2v) is 6.35. The SMILES string of the molecule is COc1ccccc1C(=O)Nc1ccc(OC(=O)c2cc(Cl)ccc2OC)cc1. The summed E-state index contributed by atoms with van der Waals surface area (Å²) in [5, 5.41) is 3.17. The van der Waals surface area contributed by atoms with Gasteiger partial charge in [0.25, 0.3) is 5.91 Å².